The molecule has 3 aromatic rings. The Balaban J connectivity index is 1.73. The number of nitrogens with zero attached hydrogens (tertiary/aromatic N) is 4. The molecule has 0 aliphatic rings. The zero-order chi connectivity index (χ0) is 17.6. The van der Waals surface area contributed by atoms with Crippen LogP contribution in [0, 0.1) is 5.82 Å². The lowest BCUT2D eigenvalue weighted by Crippen LogP contribution is -2.08. The van der Waals surface area contributed by atoms with Crippen molar-refractivity contribution in [1.82, 2.24) is 20.2 Å². The van der Waals surface area contributed by atoms with E-state index >= 15 is 0 Å². The number of anilines is 1. The van der Waals surface area contributed by atoms with Gasteiger partial charge in [0.25, 0.3) is 0 Å². The molecule has 2 aromatic carbocycles. The maximum absolute atomic E-state index is 13.1. The van der Waals surface area contributed by atoms with E-state index in [9.17, 15) is 9.18 Å². The highest BCUT2D eigenvalue weighted by molar-refractivity contribution is 7.98. The minimum absolute atomic E-state index is 0.316. The molecule has 8 heteroatoms. The average molecular weight is 355 g/mol. The molecule has 1 aromatic heterocycles. The molecule has 0 unspecified atom stereocenters. The Morgan fingerprint density at radius 2 is 2.08 bits per heavy atom. The molecule has 1 amide bonds. The number of amides is 1. The molecule has 0 saturated heterocycles. The number of thioether (sulfide) groups is 1. The predicted octanol–water partition coefficient (Wildman–Crippen LogP) is 3.18. The highest BCUT2D eigenvalue weighted by Crippen LogP contribution is 2.18. The second-order valence-corrected chi connectivity index (χ2v) is 5.78. The van der Waals surface area contributed by atoms with Gasteiger partial charge in [-0.2, -0.15) is 4.68 Å². The van der Waals surface area contributed by atoms with Crippen molar-refractivity contribution in [3.05, 3.63) is 66.0 Å². The number of carbonyl (C=O) groups is 1. The summed E-state index contributed by atoms with van der Waals surface area (Å²) in [7, 11) is 0. The Labute approximate surface area is 147 Å². The Kier molecular flexibility index (Phi) is 5.20. The lowest BCUT2D eigenvalue weighted by atomic mass is 10.2. The van der Waals surface area contributed by atoms with Crippen LogP contribution in [-0.4, -0.2) is 32.4 Å². The first-order valence-electron chi connectivity index (χ1n) is 7.33. The van der Waals surface area contributed by atoms with Crippen LogP contribution >= 0.6 is 11.8 Å². The molecule has 1 heterocycles. The van der Waals surface area contributed by atoms with Crippen molar-refractivity contribution in [3.63, 3.8) is 0 Å². The van der Waals surface area contributed by atoms with Gasteiger partial charge in [-0.25, -0.2) is 4.39 Å². The van der Waals surface area contributed by atoms with Crippen molar-refractivity contribution in [2.75, 3.05) is 11.6 Å². The van der Waals surface area contributed by atoms with E-state index in [2.05, 4.69) is 20.8 Å². The van der Waals surface area contributed by atoms with Crippen LogP contribution in [-0.2, 0) is 4.79 Å². The SMILES string of the molecule is CSc1nnnn1-c1cccc(NC(=O)/C=C/c2cccc(F)c2)c1. The number of hydrogen-bond acceptors (Lipinski definition) is 5. The number of rotatable bonds is 5. The second kappa shape index (κ2) is 7.71. The van der Waals surface area contributed by atoms with Crippen molar-refractivity contribution in [2.24, 2.45) is 0 Å². The third-order valence-electron chi connectivity index (χ3n) is 3.26. The zero-order valence-corrected chi connectivity index (χ0v) is 14.1. The van der Waals surface area contributed by atoms with E-state index in [1.165, 1.54) is 30.0 Å². The fourth-order valence-electron chi connectivity index (χ4n) is 2.15. The summed E-state index contributed by atoms with van der Waals surface area (Å²) in [6.07, 6.45) is 4.78. The molecule has 6 nitrogen and oxygen atoms in total. The number of tetrazole rings is 1. The zero-order valence-electron chi connectivity index (χ0n) is 13.3. The van der Waals surface area contributed by atoms with E-state index in [1.807, 2.05) is 12.3 Å². The first-order chi connectivity index (χ1) is 12.2. The molecular weight excluding hydrogens is 341 g/mol. The Hall–Kier alpha value is -3.00. The summed E-state index contributed by atoms with van der Waals surface area (Å²) >= 11 is 1.42. The van der Waals surface area contributed by atoms with E-state index in [0.29, 0.717) is 16.4 Å². The molecule has 126 valence electrons. The van der Waals surface area contributed by atoms with Gasteiger partial charge in [0.05, 0.1) is 5.69 Å². The van der Waals surface area contributed by atoms with Crippen LogP contribution in [0.15, 0.2) is 59.8 Å². The fraction of sp³-hybridized carbons (Fsp3) is 0.0588. The first kappa shape index (κ1) is 16.8. The van der Waals surface area contributed by atoms with Gasteiger partial charge in [0.2, 0.25) is 11.1 Å². The number of nitrogens with one attached hydrogen (secondary N) is 1. The molecule has 3 rings (SSSR count). The lowest BCUT2D eigenvalue weighted by Gasteiger charge is -2.06. The standard InChI is InChI=1S/C17H14FN5OS/c1-25-17-20-21-22-23(17)15-7-3-6-14(11-15)19-16(24)9-8-12-4-2-5-13(18)10-12/h2-11H,1H3,(H,19,24)/b9-8+. The molecule has 0 saturated carbocycles. The van der Waals surface area contributed by atoms with Gasteiger partial charge in [-0.15, -0.1) is 5.10 Å². The highest BCUT2D eigenvalue weighted by Gasteiger charge is 2.08. The maximum Gasteiger partial charge on any atom is 0.248 e. The second-order valence-electron chi connectivity index (χ2n) is 5.01. The molecular formula is C17H14FN5OS. The van der Waals surface area contributed by atoms with Crippen LogP contribution < -0.4 is 5.32 Å². The van der Waals surface area contributed by atoms with Crippen molar-refractivity contribution in [3.8, 4) is 5.69 Å². The third kappa shape index (κ3) is 4.30. The molecule has 1 N–H and O–H groups in total. The number of carbonyl (C=O) groups excluding carboxylic acids is 1. The number of benzene rings is 2. The van der Waals surface area contributed by atoms with Gasteiger partial charge in [0.1, 0.15) is 5.82 Å². The summed E-state index contributed by atoms with van der Waals surface area (Å²) < 4.78 is 14.7. The fourth-order valence-corrected chi connectivity index (χ4v) is 2.58. The molecule has 0 atom stereocenters. The third-order valence-corrected chi connectivity index (χ3v) is 3.88. The minimum atomic E-state index is -0.346. The van der Waals surface area contributed by atoms with Crippen molar-refractivity contribution < 1.29 is 9.18 Å². The van der Waals surface area contributed by atoms with Crippen LogP contribution in [0.4, 0.5) is 10.1 Å². The Morgan fingerprint density at radius 1 is 1.24 bits per heavy atom. The summed E-state index contributed by atoms with van der Waals surface area (Å²) in [6, 6.07) is 13.2. The molecule has 0 spiro atoms. The number of halogens is 1. The summed E-state index contributed by atoms with van der Waals surface area (Å²) in [5.41, 5.74) is 1.96. The summed E-state index contributed by atoms with van der Waals surface area (Å²) in [4.78, 5) is 12.0. The first-order valence-corrected chi connectivity index (χ1v) is 8.55. The largest absolute Gasteiger partial charge is 0.322 e. The van der Waals surface area contributed by atoms with Gasteiger partial charge < -0.3 is 5.32 Å². The van der Waals surface area contributed by atoms with Crippen molar-refractivity contribution in [1.29, 1.82) is 0 Å². The quantitative estimate of drug-likeness (QED) is 0.562. The molecule has 25 heavy (non-hydrogen) atoms. The van der Waals surface area contributed by atoms with Gasteiger partial charge in [0, 0.05) is 11.8 Å². The van der Waals surface area contributed by atoms with Crippen LogP contribution in [0.2, 0.25) is 0 Å². The molecule has 0 radical (unpaired) electrons. The maximum atomic E-state index is 13.1. The van der Waals surface area contributed by atoms with Crippen LogP contribution in [0.1, 0.15) is 5.56 Å². The van der Waals surface area contributed by atoms with Crippen LogP contribution in [0.5, 0.6) is 0 Å². The van der Waals surface area contributed by atoms with E-state index in [0.717, 1.165) is 5.69 Å². The topological polar surface area (TPSA) is 72.7 Å². The van der Waals surface area contributed by atoms with Crippen LogP contribution in [0.3, 0.4) is 0 Å². The van der Waals surface area contributed by atoms with Gasteiger partial charge >= 0.3 is 0 Å². The summed E-state index contributed by atoms with van der Waals surface area (Å²) in [5, 5.41) is 14.9. The van der Waals surface area contributed by atoms with Gasteiger partial charge in [0.15, 0.2) is 0 Å². The molecule has 0 bridgehead atoms. The minimum Gasteiger partial charge on any atom is -0.322 e. The Bertz CT molecular complexity index is 925. The highest BCUT2D eigenvalue weighted by atomic mass is 32.2. The average Bonchev–Trinajstić information content (AvgIpc) is 3.09. The van der Waals surface area contributed by atoms with Crippen molar-refractivity contribution >= 4 is 29.4 Å². The summed E-state index contributed by atoms with van der Waals surface area (Å²) in [6.45, 7) is 0. The number of aromatic nitrogens is 4. The smallest absolute Gasteiger partial charge is 0.248 e. The molecule has 0 aliphatic carbocycles. The van der Waals surface area contributed by atoms with E-state index < -0.39 is 0 Å². The molecule has 0 aliphatic heterocycles. The van der Waals surface area contributed by atoms with Gasteiger partial charge in [-0.3, -0.25) is 4.79 Å². The Morgan fingerprint density at radius 3 is 2.88 bits per heavy atom. The monoisotopic (exact) mass is 355 g/mol. The van der Waals surface area contributed by atoms with Crippen molar-refractivity contribution in [2.45, 2.75) is 5.16 Å². The number of hydrogen-bond donors (Lipinski definition) is 1. The molecule has 0 fully saturated rings. The van der Waals surface area contributed by atoms with Gasteiger partial charge in [-0.05, 0) is 58.7 Å². The van der Waals surface area contributed by atoms with E-state index in [1.54, 1.807) is 41.1 Å². The summed E-state index contributed by atoms with van der Waals surface area (Å²) in [5.74, 6) is -0.662. The van der Waals surface area contributed by atoms with E-state index in [4.69, 9.17) is 0 Å². The van der Waals surface area contributed by atoms with Gasteiger partial charge in [-0.1, -0.05) is 30.0 Å². The normalized spacial score (nSPS) is 11.0. The lowest BCUT2D eigenvalue weighted by molar-refractivity contribution is -0.111. The van der Waals surface area contributed by atoms with E-state index in [-0.39, 0.29) is 11.7 Å². The van der Waals surface area contributed by atoms with Crippen LogP contribution in [0.25, 0.3) is 11.8 Å². The predicted molar refractivity (Wildman–Crippen MR) is 95.0 cm³/mol.